The van der Waals surface area contributed by atoms with E-state index >= 15 is 0 Å². The maximum absolute atomic E-state index is 10.5. The van der Waals surface area contributed by atoms with E-state index in [4.69, 9.17) is 0 Å². The molecule has 0 aliphatic carbocycles. The highest BCUT2D eigenvalue weighted by Gasteiger charge is 2.14. The summed E-state index contributed by atoms with van der Waals surface area (Å²) in [6.07, 6.45) is 1.84. The number of aromatic nitrogens is 1. The zero-order valence-electron chi connectivity index (χ0n) is 17.0. The average Bonchev–Trinajstić information content (AvgIpc) is 2.96. The molecular weight excluding hydrogens is 342 g/mol. The Hall–Kier alpha value is -3.00. The largest absolute Gasteiger partial charge is 0.506 e. The summed E-state index contributed by atoms with van der Waals surface area (Å²) in [7, 11) is 0. The van der Waals surface area contributed by atoms with Crippen molar-refractivity contribution in [2.24, 2.45) is 0 Å². The van der Waals surface area contributed by atoms with Crippen LogP contribution in [0.2, 0.25) is 0 Å². The fraction of sp³-hybridized carbons (Fsp3) is 0.231. The van der Waals surface area contributed by atoms with Crippen molar-refractivity contribution in [3.63, 3.8) is 0 Å². The van der Waals surface area contributed by atoms with E-state index in [0.29, 0.717) is 5.75 Å². The number of benzene rings is 3. The van der Waals surface area contributed by atoms with Gasteiger partial charge in [-0.2, -0.15) is 0 Å². The average molecular weight is 370 g/mol. The number of nitrogens with zero attached hydrogens (tertiary/aromatic N) is 1. The summed E-state index contributed by atoms with van der Waals surface area (Å²) in [5.41, 5.74) is 7.30. The summed E-state index contributed by atoms with van der Waals surface area (Å²) >= 11 is 0. The predicted molar refractivity (Wildman–Crippen MR) is 118 cm³/mol. The molecular formula is C26H27NO. The molecule has 1 aromatic heterocycles. The second-order valence-corrected chi connectivity index (χ2v) is 8.69. The van der Waals surface area contributed by atoms with Crippen LogP contribution in [0.15, 0.2) is 72.9 Å². The summed E-state index contributed by atoms with van der Waals surface area (Å²) in [6, 6.07) is 23.6. The molecule has 0 saturated heterocycles. The summed E-state index contributed by atoms with van der Waals surface area (Å²) in [5, 5.41) is 11.4. The van der Waals surface area contributed by atoms with Gasteiger partial charge in [-0.25, -0.2) is 0 Å². The first-order valence-electron chi connectivity index (χ1n) is 9.79. The Morgan fingerprint density at radius 1 is 0.857 bits per heavy atom. The third-order valence-corrected chi connectivity index (χ3v) is 5.38. The smallest absolute Gasteiger partial charge is 0.141 e. The summed E-state index contributed by atoms with van der Waals surface area (Å²) < 4.78 is 2.12. The number of hydrogen-bond donors (Lipinski definition) is 1. The molecule has 1 N–H and O–H groups in total. The molecule has 28 heavy (non-hydrogen) atoms. The summed E-state index contributed by atoms with van der Waals surface area (Å²) in [4.78, 5) is 0. The lowest BCUT2D eigenvalue weighted by molar-refractivity contribution is 0.479. The Morgan fingerprint density at radius 3 is 2.25 bits per heavy atom. The Morgan fingerprint density at radius 2 is 1.57 bits per heavy atom. The van der Waals surface area contributed by atoms with Gasteiger partial charge in [0.25, 0.3) is 0 Å². The first-order chi connectivity index (χ1) is 13.3. The number of aryl methyl sites for hydroxylation is 1. The van der Waals surface area contributed by atoms with E-state index < -0.39 is 0 Å². The van der Waals surface area contributed by atoms with Crippen molar-refractivity contribution in [3.8, 4) is 16.9 Å². The second kappa shape index (κ2) is 6.87. The van der Waals surface area contributed by atoms with Gasteiger partial charge in [-0.3, -0.25) is 0 Å². The quantitative estimate of drug-likeness (QED) is 0.429. The van der Waals surface area contributed by atoms with Crippen molar-refractivity contribution in [3.05, 3.63) is 89.6 Å². The summed E-state index contributed by atoms with van der Waals surface area (Å²) in [5.74, 6) is 0.329. The van der Waals surface area contributed by atoms with Gasteiger partial charge in [0.05, 0.1) is 5.52 Å². The van der Waals surface area contributed by atoms with E-state index in [2.05, 4.69) is 99.0 Å². The van der Waals surface area contributed by atoms with Crippen molar-refractivity contribution in [2.45, 2.75) is 39.7 Å². The first kappa shape index (κ1) is 18.4. The van der Waals surface area contributed by atoms with Crippen molar-refractivity contribution in [2.75, 3.05) is 0 Å². The van der Waals surface area contributed by atoms with E-state index in [1.807, 2.05) is 6.20 Å². The molecule has 0 bridgehead atoms. The van der Waals surface area contributed by atoms with Gasteiger partial charge < -0.3 is 9.67 Å². The van der Waals surface area contributed by atoms with E-state index in [9.17, 15) is 5.11 Å². The van der Waals surface area contributed by atoms with Crippen LogP contribution in [0.25, 0.3) is 22.0 Å². The molecule has 3 aromatic carbocycles. The molecule has 0 aliphatic heterocycles. The molecule has 0 amide bonds. The molecule has 4 rings (SSSR count). The van der Waals surface area contributed by atoms with E-state index in [-0.39, 0.29) is 5.41 Å². The highest BCUT2D eigenvalue weighted by atomic mass is 16.3. The van der Waals surface area contributed by atoms with Gasteiger partial charge >= 0.3 is 0 Å². The van der Waals surface area contributed by atoms with Crippen LogP contribution in [0.5, 0.6) is 5.75 Å². The molecule has 0 fully saturated rings. The fourth-order valence-corrected chi connectivity index (χ4v) is 3.72. The molecule has 1 heterocycles. The molecule has 2 heteroatoms. The molecule has 0 radical (unpaired) electrons. The van der Waals surface area contributed by atoms with Gasteiger partial charge in [-0.15, -0.1) is 0 Å². The predicted octanol–water partition coefficient (Wildman–Crippen LogP) is 6.67. The topological polar surface area (TPSA) is 25.2 Å². The van der Waals surface area contributed by atoms with Crippen LogP contribution < -0.4 is 0 Å². The normalized spacial score (nSPS) is 11.9. The third kappa shape index (κ3) is 3.55. The zero-order chi connectivity index (χ0) is 19.9. The van der Waals surface area contributed by atoms with Crippen molar-refractivity contribution in [1.29, 1.82) is 0 Å². The molecule has 0 spiro atoms. The zero-order valence-corrected chi connectivity index (χ0v) is 17.0. The van der Waals surface area contributed by atoms with Crippen LogP contribution in [0.3, 0.4) is 0 Å². The van der Waals surface area contributed by atoms with Crippen LogP contribution in [0.1, 0.15) is 37.5 Å². The van der Waals surface area contributed by atoms with Gasteiger partial charge in [-0.1, -0.05) is 80.9 Å². The van der Waals surface area contributed by atoms with E-state index in [1.165, 1.54) is 22.3 Å². The second-order valence-electron chi connectivity index (χ2n) is 8.69. The van der Waals surface area contributed by atoms with Crippen LogP contribution >= 0.6 is 0 Å². The van der Waals surface area contributed by atoms with Gasteiger partial charge in [-0.05, 0) is 46.7 Å². The van der Waals surface area contributed by atoms with Crippen molar-refractivity contribution in [1.82, 2.24) is 4.57 Å². The van der Waals surface area contributed by atoms with E-state index in [0.717, 1.165) is 23.0 Å². The van der Waals surface area contributed by atoms with Crippen LogP contribution in [0, 0.1) is 6.92 Å². The highest BCUT2D eigenvalue weighted by molar-refractivity contribution is 5.90. The lowest BCUT2D eigenvalue weighted by atomic mass is 9.87. The fourth-order valence-electron chi connectivity index (χ4n) is 3.72. The van der Waals surface area contributed by atoms with Crippen LogP contribution in [0.4, 0.5) is 0 Å². The SMILES string of the molecule is Cc1cccc(-c2ccc3c(c2)c(O)cn3Cc2ccc(C(C)(C)C)cc2)c1. The van der Waals surface area contributed by atoms with Crippen LogP contribution in [-0.2, 0) is 12.0 Å². The summed E-state index contributed by atoms with van der Waals surface area (Å²) in [6.45, 7) is 9.52. The minimum absolute atomic E-state index is 0.156. The molecule has 0 saturated carbocycles. The Kier molecular flexibility index (Phi) is 4.50. The maximum Gasteiger partial charge on any atom is 0.141 e. The molecule has 0 unspecified atom stereocenters. The standard InChI is InChI=1S/C26H27NO/c1-18-6-5-7-20(14-18)21-10-13-24-23(15-21)25(28)17-27(24)16-19-8-11-22(12-9-19)26(2,3)4/h5-15,17,28H,16H2,1-4H3. The minimum atomic E-state index is 0.156. The Labute approximate surface area is 167 Å². The van der Waals surface area contributed by atoms with Crippen molar-refractivity contribution >= 4 is 10.9 Å². The van der Waals surface area contributed by atoms with Crippen LogP contribution in [-0.4, -0.2) is 9.67 Å². The lowest BCUT2D eigenvalue weighted by Crippen LogP contribution is -2.10. The lowest BCUT2D eigenvalue weighted by Gasteiger charge is -2.19. The van der Waals surface area contributed by atoms with Crippen molar-refractivity contribution < 1.29 is 5.11 Å². The maximum atomic E-state index is 10.5. The van der Waals surface area contributed by atoms with Gasteiger partial charge in [0.2, 0.25) is 0 Å². The highest BCUT2D eigenvalue weighted by Crippen LogP contribution is 2.32. The number of fused-ring (bicyclic) bond motifs is 1. The number of hydrogen-bond acceptors (Lipinski definition) is 1. The monoisotopic (exact) mass is 369 g/mol. The number of rotatable bonds is 3. The van der Waals surface area contributed by atoms with Gasteiger partial charge in [0.15, 0.2) is 0 Å². The molecule has 142 valence electrons. The van der Waals surface area contributed by atoms with Gasteiger partial charge in [0, 0.05) is 18.1 Å². The minimum Gasteiger partial charge on any atom is -0.506 e. The van der Waals surface area contributed by atoms with Gasteiger partial charge in [0.1, 0.15) is 5.75 Å². The molecule has 4 aromatic rings. The van der Waals surface area contributed by atoms with E-state index in [1.54, 1.807) is 0 Å². The first-order valence-corrected chi connectivity index (χ1v) is 9.79. The number of aromatic hydroxyl groups is 1. The molecule has 2 nitrogen and oxygen atoms in total. The Bertz CT molecular complexity index is 1130. The third-order valence-electron chi connectivity index (χ3n) is 5.38. The molecule has 0 atom stereocenters. The Balaban J connectivity index is 1.67. The molecule has 0 aliphatic rings.